The van der Waals surface area contributed by atoms with Gasteiger partial charge in [0.15, 0.2) is 5.69 Å². The third kappa shape index (κ3) is 2.44. The highest BCUT2D eigenvalue weighted by atomic mass is 16.4. The molecule has 0 unspecified atom stereocenters. The second kappa shape index (κ2) is 3.53. The average Bonchev–Trinajstić information content (AvgIpc) is 2.48. The molecule has 0 saturated carbocycles. The van der Waals surface area contributed by atoms with Crippen LogP contribution in [0.2, 0.25) is 0 Å². The van der Waals surface area contributed by atoms with E-state index in [1.807, 2.05) is 0 Å². The molecule has 1 aromatic heterocycles. The van der Waals surface area contributed by atoms with Crippen LogP contribution in [0.3, 0.4) is 0 Å². The van der Waals surface area contributed by atoms with E-state index >= 15 is 0 Å². The van der Waals surface area contributed by atoms with Crippen molar-refractivity contribution in [3.63, 3.8) is 0 Å². The monoisotopic (exact) mass is 182 g/mol. The van der Waals surface area contributed by atoms with Gasteiger partial charge in [-0.2, -0.15) is 5.10 Å². The lowest BCUT2D eigenvalue weighted by molar-refractivity contribution is -0.131. The van der Waals surface area contributed by atoms with Crippen molar-refractivity contribution in [3.8, 4) is 0 Å². The van der Waals surface area contributed by atoms with Crippen LogP contribution in [0.5, 0.6) is 0 Å². The molecule has 0 radical (unpaired) electrons. The van der Waals surface area contributed by atoms with Gasteiger partial charge < -0.3 is 10.2 Å². The van der Waals surface area contributed by atoms with Gasteiger partial charge in [0, 0.05) is 6.08 Å². The fraction of sp³-hybridized carbons (Fsp3) is 0. The molecule has 0 aliphatic rings. The fourth-order valence-corrected chi connectivity index (χ4v) is 0.693. The molecule has 1 rings (SSSR count). The van der Waals surface area contributed by atoms with Gasteiger partial charge in [0.1, 0.15) is 0 Å². The van der Waals surface area contributed by atoms with E-state index in [9.17, 15) is 9.59 Å². The maximum Gasteiger partial charge on any atom is 0.356 e. The molecule has 1 aromatic rings. The van der Waals surface area contributed by atoms with Crippen molar-refractivity contribution >= 4 is 18.0 Å². The van der Waals surface area contributed by atoms with Crippen LogP contribution in [-0.4, -0.2) is 32.3 Å². The number of aromatic amines is 1. The maximum absolute atomic E-state index is 10.3. The van der Waals surface area contributed by atoms with Crippen molar-refractivity contribution in [2.75, 3.05) is 0 Å². The summed E-state index contributed by atoms with van der Waals surface area (Å²) in [6.45, 7) is 0. The summed E-state index contributed by atoms with van der Waals surface area (Å²) >= 11 is 0. The Morgan fingerprint density at radius 3 is 2.62 bits per heavy atom. The number of H-pyrrole nitrogens is 1. The quantitative estimate of drug-likeness (QED) is 0.579. The first-order chi connectivity index (χ1) is 6.09. The molecule has 0 atom stereocenters. The molecule has 3 N–H and O–H groups in total. The number of hydrogen-bond donors (Lipinski definition) is 3. The number of carboxylic acid groups (broad SMARTS) is 2. The SMILES string of the molecule is O=C(O)/C=C/c1cc(C(=O)O)n[nH]1. The number of aromatic carboxylic acids is 1. The van der Waals surface area contributed by atoms with E-state index in [2.05, 4.69) is 10.2 Å². The molecule has 0 spiro atoms. The summed E-state index contributed by atoms with van der Waals surface area (Å²) in [5.74, 6) is -2.27. The number of hydrogen-bond acceptors (Lipinski definition) is 3. The molecule has 13 heavy (non-hydrogen) atoms. The Hall–Kier alpha value is -2.11. The number of aromatic nitrogens is 2. The Balaban J connectivity index is 2.80. The van der Waals surface area contributed by atoms with Gasteiger partial charge in [-0.05, 0) is 12.1 Å². The molecular weight excluding hydrogens is 176 g/mol. The van der Waals surface area contributed by atoms with E-state index < -0.39 is 11.9 Å². The van der Waals surface area contributed by atoms with E-state index in [4.69, 9.17) is 10.2 Å². The summed E-state index contributed by atoms with van der Waals surface area (Å²) in [7, 11) is 0. The normalized spacial score (nSPS) is 10.5. The van der Waals surface area contributed by atoms with Crippen LogP contribution < -0.4 is 0 Å². The molecular formula is C7H6N2O4. The topological polar surface area (TPSA) is 103 Å². The molecule has 68 valence electrons. The minimum atomic E-state index is -1.16. The summed E-state index contributed by atoms with van der Waals surface area (Å²) in [6.07, 6.45) is 2.11. The van der Waals surface area contributed by atoms with Crippen molar-refractivity contribution < 1.29 is 19.8 Å². The number of aliphatic carboxylic acids is 1. The summed E-state index contributed by atoms with van der Waals surface area (Å²) in [5, 5.41) is 22.5. The van der Waals surface area contributed by atoms with E-state index in [1.165, 1.54) is 12.1 Å². The van der Waals surface area contributed by atoms with Crippen molar-refractivity contribution in [2.24, 2.45) is 0 Å². The van der Waals surface area contributed by atoms with E-state index in [1.54, 1.807) is 0 Å². The highest BCUT2D eigenvalue weighted by Crippen LogP contribution is 2.01. The largest absolute Gasteiger partial charge is 0.478 e. The lowest BCUT2D eigenvalue weighted by Crippen LogP contribution is -1.95. The predicted molar refractivity (Wildman–Crippen MR) is 42.2 cm³/mol. The van der Waals surface area contributed by atoms with E-state index in [-0.39, 0.29) is 5.69 Å². The Morgan fingerprint density at radius 2 is 2.15 bits per heavy atom. The molecule has 0 aliphatic heterocycles. The smallest absolute Gasteiger partial charge is 0.356 e. The van der Waals surface area contributed by atoms with Crippen LogP contribution in [0.25, 0.3) is 6.08 Å². The van der Waals surface area contributed by atoms with Crippen molar-refractivity contribution in [2.45, 2.75) is 0 Å². The molecule has 6 nitrogen and oxygen atoms in total. The Kier molecular flexibility index (Phi) is 2.44. The Bertz CT molecular complexity index is 366. The average molecular weight is 182 g/mol. The first-order valence-corrected chi connectivity index (χ1v) is 3.29. The van der Waals surface area contributed by atoms with Crippen LogP contribution in [0, 0.1) is 0 Å². The van der Waals surface area contributed by atoms with Gasteiger partial charge in [0.05, 0.1) is 5.69 Å². The van der Waals surface area contributed by atoms with Crippen LogP contribution in [0.15, 0.2) is 12.1 Å². The van der Waals surface area contributed by atoms with Crippen LogP contribution >= 0.6 is 0 Å². The van der Waals surface area contributed by atoms with Crippen molar-refractivity contribution in [1.29, 1.82) is 0 Å². The van der Waals surface area contributed by atoms with E-state index in [0.29, 0.717) is 5.69 Å². The number of nitrogens with one attached hydrogen (secondary N) is 1. The highest BCUT2D eigenvalue weighted by Gasteiger charge is 2.05. The maximum atomic E-state index is 10.3. The summed E-state index contributed by atoms with van der Waals surface area (Å²) < 4.78 is 0. The lowest BCUT2D eigenvalue weighted by Gasteiger charge is -1.80. The molecule has 0 amide bonds. The van der Waals surface area contributed by atoms with Gasteiger partial charge in [-0.15, -0.1) is 0 Å². The zero-order valence-corrected chi connectivity index (χ0v) is 6.39. The van der Waals surface area contributed by atoms with Gasteiger partial charge in [0.25, 0.3) is 0 Å². The molecule has 0 fully saturated rings. The first kappa shape index (κ1) is 8.98. The summed E-state index contributed by atoms with van der Waals surface area (Å²) in [5.41, 5.74) is 0.185. The molecule has 6 heteroatoms. The molecule has 0 saturated heterocycles. The van der Waals surface area contributed by atoms with Gasteiger partial charge in [-0.1, -0.05) is 0 Å². The van der Waals surface area contributed by atoms with Crippen molar-refractivity contribution in [1.82, 2.24) is 10.2 Å². The number of nitrogens with zero attached hydrogens (tertiary/aromatic N) is 1. The second-order valence-corrected chi connectivity index (χ2v) is 2.19. The number of rotatable bonds is 3. The highest BCUT2D eigenvalue weighted by molar-refractivity contribution is 5.87. The Labute approximate surface area is 72.5 Å². The van der Waals surface area contributed by atoms with Crippen molar-refractivity contribution in [3.05, 3.63) is 23.5 Å². The van der Waals surface area contributed by atoms with Gasteiger partial charge in [-0.3, -0.25) is 5.10 Å². The number of carboxylic acids is 2. The second-order valence-electron chi connectivity index (χ2n) is 2.19. The predicted octanol–water partition coefficient (Wildman–Crippen LogP) is 0.206. The molecule has 0 aliphatic carbocycles. The summed E-state index contributed by atoms with van der Waals surface area (Å²) in [4.78, 5) is 20.4. The van der Waals surface area contributed by atoms with Crippen LogP contribution in [0.1, 0.15) is 16.2 Å². The molecule has 1 heterocycles. The summed E-state index contributed by atoms with van der Waals surface area (Å²) in [6, 6.07) is 1.24. The Morgan fingerprint density at radius 1 is 1.46 bits per heavy atom. The minimum Gasteiger partial charge on any atom is -0.478 e. The zero-order valence-electron chi connectivity index (χ0n) is 6.39. The molecule has 0 bridgehead atoms. The standard InChI is InChI=1S/C7H6N2O4/c10-6(11)2-1-4-3-5(7(12)13)9-8-4/h1-3H,(H,8,9)(H,10,11)(H,12,13)/b2-1+. The van der Waals surface area contributed by atoms with Crippen LogP contribution in [0.4, 0.5) is 0 Å². The number of carbonyl (C=O) groups is 2. The zero-order chi connectivity index (χ0) is 9.84. The third-order valence-corrected chi connectivity index (χ3v) is 1.22. The first-order valence-electron chi connectivity index (χ1n) is 3.29. The third-order valence-electron chi connectivity index (χ3n) is 1.22. The van der Waals surface area contributed by atoms with Gasteiger partial charge in [0.2, 0.25) is 0 Å². The van der Waals surface area contributed by atoms with E-state index in [0.717, 1.165) is 6.08 Å². The van der Waals surface area contributed by atoms with Crippen LogP contribution in [-0.2, 0) is 4.79 Å². The van der Waals surface area contributed by atoms with Gasteiger partial charge >= 0.3 is 11.9 Å². The molecule has 0 aromatic carbocycles. The van der Waals surface area contributed by atoms with Gasteiger partial charge in [-0.25, -0.2) is 9.59 Å². The fourth-order valence-electron chi connectivity index (χ4n) is 0.693. The lowest BCUT2D eigenvalue weighted by atomic mass is 10.3. The minimum absolute atomic E-state index is 0.148.